The third-order valence-electron chi connectivity index (χ3n) is 5.43. The lowest BCUT2D eigenvalue weighted by Crippen LogP contribution is -2.38. The number of nitrogens with zero attached hydrogens (tertiary/aromatic N) is 2. The smallest absolute Gasteiger partial charge is 0.227 e. The number of amides is 1. The fourth-order valence-corrected chi connectivity index (χ4v) is 4.73. The molecular weight excluding hydrogens is 382 g/mol. The predicted octanol–water partition coefficient (Wildman–Crippen LogP) is 5.11. The van der Waals surface area contributed by atoms with Gasteiger partial charge in [-0.1, -0.05) is 30.4 Å². The maximum absolute atomic E-state index is 12.6. The van der Waals surface area contributed by atoms with E-state index in [2.05, 4.69) is 35.3 Å². The first kappa shape index (κ1) is 19.7. The Morgan fingerprint density at radius 1 is 1.17 bits per heavy atom. The first-order valence-electron chi connectivity index (χ1n) is 10.3. The number of rotatable bonds is 6. The normalized spacial score (nSPS) is 14.9. The Labute approximate surface area is 175 Å². The number of fused-ring (bicyclic) bond motifs is 1. The number of aryl methyl sites for hydroxylation is 1. The molecule has 4 rings (SSSR count). The second-order valence-electron chi connectivity index (χ2n) is 7.36. The van der Waals surface area contributed by atoms with Crippen molar-refractivity contribution in [3.8, 4) is 5.75 Å². The molecule has 1 N–H and O–H groups in total. The number of piperidine rings is 1. The minimum atomic E-state index is 0.0519. The number of benzene rings is 2. The van der Waals surface area contributed by atoms with Crippen molar-refractivity contribution >= 4 is 38.3 Å². The average Bonchev–Trinajstić information content (AvgIpc) is 3.18. The zero-order chi connectivity index (χ0) is 20.2. The van der Waals surface area contributed by atoms with E-state index in [9.17, 15) is 4.79 Å². The van der Waals surface area contributed by atoms with Crippen LogP contribution >= 0.6 is 11.3 Å². The molecule has 3 aromatic rings. The van der Waals surface area contributed by atoms with Gasteiger partial charge in [0.2, 0.25) is 5.91 Å². The Morgan fingerprint density at radius 2 is 1.93 bits per heavy atom. The van der Waals surface area contributed by atoms with Crippen molar-refractivity contribution < 1.29 is 9.53 Å². The van der Waals surface area contributed by atoms with Gasteiger partial charge < -0.3 is 15.0 Å². The van der Waals surface area contributed by atoms with E-state index in [-0.39, 0.29) is 11.8 Å². The number of ether oxygens (including phenoxy) is 1. The second kappa shape index (κ2) is 8.82. The molecule has 1 fully saturated rings. The van der Waals surface area contributed by atoms with E-state index in [1.165, 1.54) is 5.56 Å². The first-order valence-corrected chi connectivity index (χ1v) is 11.2. The van der Waals surface area contributed by atoms with E-state index < -0.39 is 0 Å². The van der Waals surface area contributed by atoms with Gasteiger partial charge in [0.1, 0.15) is 5.75 Å². The second-order valence-corrected chi connectivity index (χ2v) is 8.37. The predicted molar refractivity (Wildman–Crippen MR) is 120 cm³/mol. The van der Waals surface area contributed by atoms with Gasteiger partial charge in [-0.3, -0.25) is 4.79 Å². The summed E-state index contributed by atoms with van der Waals surface area (Å²) < 4.78 is 6.73. The van der Waals surface area contributed by atoms with Crippen molar-refractivity contribution in [1.29, 1.82) is 0 Å². The van der Waals surface area contributed by atoms with Crippen molar-refractivity contribution in [1.82, 2.24) is 4.98 Å². The van der Waals surface area contributed by atoms with Gasteiger partial charge >= 0.3 is 0 Å². The molecule has 6 heteroatoms. The molecule has 152 valence electrons. The topological polar surface area (TPSA) is 54.5 Å². The molecule has 0 saturated carbocycles. The van der Waals surface area contributed by atoms with Crippen LogP contribution in [0.5, 0.6) is 5.75 Å². The van der Waals surface area contributed by atoms with E-state index in [1.54, 1.807) is 11.3 Å². The Balaban J connectivity index is 1.36. The number of carbonyl (C=O) groups excluding carboxylic acids is 1. The summed E-state index contributed by atoms with van der Waals surface area (Å²) in [7, 11) is 0. The van der Waals surface area contributed by atoms with Crippen molar-refractivity contribution in [3.63, 3.8) is 0 Å². The van der Waals surface area contributed by atoms with E-state index >= 15 is 0 Å². The first-order chi connectivity index (χ1) is 14.2. The van der Waals surface area contributed by atoms with Gasteiger partial charge in [0.15, 0.2) is 5.13 Å². The fraction of sp³-hybridized carbons (Fsp3) is 0.391. The lowest BCUT2D eigenvalue weighted by Gasteiger charge is -2.31. The fourth-order valence-electron chi connectivity index (χ4n) is 3.69. The van der Waals surface area contributed by atoms with E-state index in [1.807, 2.05) is 31.2 Å². The van der Waals surface area contributed by atoms with Crippen molar-refractivity contribution in [2.45, 2.75) is 33.1 Å². The van der Waals surface area contributed by atoms with Crippen LogP contribution < -0.4 is 15.0 Å². The number of aromatic nitrogens is 1. The van der Waals surface area contributed by atoms with Gasteiger partial charge in [-0.25, -0.2) is 4.98 Å². The molecule has 0 unspecified atom stereocenters. The number of carbonyl (C=O) groups is 1. The summed E-state index contributed by atoms with van der Waals surface area (Å²) in [6.07, 6.45) is 2.70. The monoisotopic (exact) mass is 409 g/mol. The SMILES string of the molecule is CCOc1ccc2nc(N3CCC(C(=O)Nc4ccc(CC)cc4)CC3)sc2c1. The lowest BCUT2D eigenvalue weighted by molar-refractivity contribution is -0.120. The summed E-state index contributed by atoms with van der Waals surface area (Å²) in [4.78, 5) is 19.7. The molecule has 0 radical (unpaired) electrons. The summed E-state index contributed by atoms with van der Waals surface area (Å²) in [6.45, 7) is 6.49. The third kappa shape index (κ3) is 4.53. The van der Waals surface area contributed by atoms with Crippen LogP contribution in [0.1, 0.15) is 32.3 Å². The van der Waals surface area contributed by atoms with Crippen LogP contribution in [0, 0.1) is 5.92 Å². The van der Waals surface area contributed by atoms with Crippen LogP contribution in [-0.4, -0.2) is 30.6 Å². The molecule has 0 aliphatic carbocycles. The quantitative estimate of drug-likeness (QED) is 0.614. The van der Waals surface area contributed by atoms with Crippen LogP contribution in [0.2, 0.25) is 0 Å². The zero-order valence-electron chi connectivity index (χ0n) is 17.0. The largest absolute Gasteiger partial charge is 0.494 e. The molecule has 1 amide bonds. The van der Waals surface area contributed by atoms with Crippen LogP contribution in [0.15, 0.2) is 42.5 Å². The van der Waals surface area contributed by atoms with E-state index in [0.717, 1.165) is 59.1 Å². The van der Waals surface area contributed by atoms with Crippen LogP contribution in [0.3, 0.4) is 0 Å². The van der Waals surface area contributed by atoms with Gasteiger partial charge in [0.25, 0.3) is 0 Å². The minimum Gasteiger partial charge on any atom is -0.494 e. The highest BCUT2D eigenvalue weighted by Crippen LogP contribution is 2.33. The molecular formula is C23H27N3O2S. The number of hydrogen-bond acceptors (Lipinski definition) is 5. The van der Waals surface area contributed by atoms with Gasteiger partial charge in [0.05, 0.1) is 16.8 Å². The molecule has 1 aliphatic rings. The molecule has 0 spiro atoms. The average molecular weight is 410 g/mol. The third-order valence-corrected chi connectivity index (χ3v) is 6.50. The molecule has 1 aliphatic heterocycles. The van der Waals surface area contributed by atoms with Crippen molar-refractivity contribution in [2.75, 3.05) is 29.9 Å². The standard InChI is InChI=1S/C23H27N3O2S/c1-3-16-5-7-18(8-6-16)24-22(27)17-11-13-26(14-12-17)23-25-20-10-9-19(28-4-2)15-21(20)29-23/h5-10,15,17H,3-4,11-14H2,1-2H3,(H,24,27). The van der Waals surface area contributed by atoms with E-state index in [4.69, 9.17) is 9.72 Å². The highest BCUT2D eigenvalue weighted by atomic mass is 32.1. The molecule has 1 aromatic heterocycles. The van der Waals surface area contributed by atoms with Gasteiger partial charge in [0, 0.05) is 24.7 Å². The molecule has 1 saturated heterocycles. The highest BCUT2D eigenvalue weighted by Gasteiger charge is 2.26. The Bertz CT molecular complexity index is 975. The number of anilines is 2. The maximum Gasteiger partial charge on any atom is 0.227 e. The van der Waals surface area contributed by atoms with Gasteiger partial charge in [-0.15, -0.1) is 0 Å². The summed E-state index contributed by atoms with van der Waals surface area (Å²) in [5, 5.41) is 4.10. The van der Waals surface area contributed by atoms with Gasteiger partial charge in [-0.05, 0) is 62.1 Å². The molecule has 29 heavy (non-hydrogen) atoms. The number of nitrogens with one attached hydrogen (secondary N) is 1. The van der Waals surface area contributed by atoms with E-state index in [0.29, 0.717) is 6.61 Å². The number of hydrogen-bond donors (Lipinski definition) is 1. The van der Waals surface area contributed by atoms with Crippen LogP contribution in [0.4, 0.5) is 10.8 Å². The summed E-state index contributed by atoms with van der Waals surface area (Å²) in [5.41, 5.74) is 3.16. The molecule has 0 atom stereocenters. The Morgan fingerprint density at radius 3 is 2.62 bits per heavy atom. The summed E-state index contributed by atoms with van der Waals surface area (Å²) >= 11 is 1.69. The highest BCUT2D eigenvalue weighted by molar-refractivity contribution is 7.22. The Hall–Kier alpha value is -2.60. The van der Waals surface area contributed by atoms with Gasteiger partial charge in [-0.2, -0.15) is 0 Å². The summed E-state index contributed by atoms with van der Waals surface area (Å²) in [6, 6.07) is 14.2. The van der Waals surface area contributed by atoms with Crippen LogP contribution in [0.25, 0.3) is 10.2 Å². The zero-order valence-corrected chi connectivity index (χ0v) is 17.8. The summed E-state index contributed by atoms with van der Waals surface area (Å²) in [5.74, 6) is 1.06. The molecule has 0 bridgehead atoms. The van der Waals surface area contributed by atoms with Crippen LogP contribution in [-0.2, 0) is 11.2 Å². The molecule has 2 heterocycles. The molecule has 5 nitrogen and oxygen atoms in total. The molecule has 2 aromatic carbocycles. The number of thiazole rings is 1. The lowest BCUT2D eigenvalue weighted by atomic mass is 9.96. The Kier molecular flexibility index (Phi) is 6.00. The van der Waals surface area contributed by atoms with Crippen molar-refractivity contribution in [3.05, 3.63) is 48.0 Å². The van der Waals surface area contributed by atoms with Crippen molar-refractivity contribution in [2.24, 2.45) is 5.92 Å². The maximum atomic E-state index is 12.6. The minimum absolute atomic E-state index is 0.0519.